The van der Waals surface area contributed by atoms with Crippen molar-refractivity contribution in [3.05, 3.63) is 209 Å². The molecule has 3 aromatic heterocycles. The summed E-state index contributed by atoms with van der Waals surface area (Å²) in [5, 5.41) is 14.6. The number of tetrazole rings is 1. The Morgan fingerprint density at radius 2 is 1.20 bits per heavy atom. The van der Waals surface area contributed by atoms with Gasteiger partial charge in [0.25, 0.3) is 0 Å². The maximum absolute atomic E-state index is 6.53. The van der Waals surface area contributed by atoms with Gasteiger partial charge in [0.1, 0.15) is 11.4 Å². The number of aromatic nitrogens is 7. The third-order valence-electron chi connectivity index (χ3n) is 10.5. The van der Waals surface area contributed by atoms with Crippen molar-refractivity contribution in [2.45, 2.75) is 31.8 Å². The highest BCUT2D eigenvalue weighted by Gasteiger charge is 2.42. The molecule has 56 heavy (non-hydrogen) atoms. The predicted molar refractivity (Wildman–Crippen MR) is 224 cm³/mol. The normalized spacial score (nSPS) is 11.6. The largest absolute Gasteiger partial charge is 0.322 e. The molecule has 272 valence electrons. The van der Waals surface area contributed by atoms with Crippen LogP contribution in [0.1, 0.15) is 41.4 Å². The van der Waals surface area contributed by atoms with Gasteiger partial charge in [-0.25, -0.2) is 9.67 Å². The number of imidazole rings is 1. The fourth-order valence-electron chi connectivity index (χ4n) is 7.87. The van der Waals surface area contributed by atoms with Crippen LogP contribution in [0.4, 0.5) is 0 Å². The summed E-state index contributed by atoms with van der Waals surface area (Å²) in [6.45, 7) is 2.86. The zero-order valence-electron chi connectivity index (χ0n) is 30.9. The Balaban J connectivity index is 1.11. The van der Waals surface area contributed by atoms with Gasteiger partial charge in [0.05, 0.1) is 22.9 Å². The molecular formula is C48H38ClN7. The van der Waals surface area contributed by atoms with Gasteiger partial charge in [0.15, 0.2) is 5.82 Å². The Hall–Kier alpha value is -6.70. The fraction of sp³-hybridized carbons (Fsp3) is 0.104. The van der Waals surface area contributed by atoms with E-state index >= 15 is 0 Å². The van der Waals surface area contributed by atoms with E-state index in [9.17, 15) is 0 Å². The number of rotatable bonds is 11. The summed E-state index contributed by atoms with van der Waals surface area (Å²) in [4.78, 5) is 9.89. The molecule has 0 aliphatic rings. The van der Waals surface area contributed by atoms with Crippen LogP contribution in [-0.4, -0.2) is 34.7 Å². The smallest absolute Gasteiger partial charge is 0.184 e. The highest BCUT2D eigenvalue weighted by molar-refractivity contribution is 6.33. The average molecular weight is 748 g/mol. The van der Waals surface area contributed by atoms with Gasteiger partial charge in [0, 0.05) is 29.1 Å². The van der Waals surface area contributed by atoms with E-state index in [1.54, 1.807) is 0 Å². The number of pyridine rings is 1. The number of halogens is 1. The molecule has 0 unspecified atom stereocenters. The van der Waals surface area contributed by atoms with Gasteiger partial charge in [-0.15, -0.1) is 5.10 Å². The van der Waals surface area contributed by atoms with E-state index in [1.807, 2.05) is 65.5 Å². The summed E-state index contributed by atoms with van der Waals surface area (Å²) in [5.41, 5.74) is 10.1. The third kappa shape index (κ3) is 6.26. The predicted octanol–water partition coefficient (Wildman–Crippen LogP) is 10.9. The van der Waals surface area contributed by atoms with Crippen molar-refractivity contribution < 1.29 is 0 Å². The maximum atomic E-state index is 6.53. The van der Waals surface area contributed by atoms with E-state index in [1.165, 1.54) is 5.56 Å². The summed E-state index contributed by atoms with van der Waals surface area (Å²) in [6, 6.07) is 58.4. The second-order valence-electron chi connectivity index (χ2n) is 13.9. The van der Waals surface area contributed by atoms with Crippen LogP contribution in [-0.2, 0) is 18.5 Å². The highest BCUT2D eigenvalue weighted by atomic mass is 35.5. The van der Waals surface area contributed by atoms with Crippen LogP contribution in [0.25, 0.3) is 44.8 Å². The van der Waals surface area contributed by atoms with Crippen LogP contribution in [0.5, 0.6) is 0 Å². The molecule has 9 rings (SSSR count). The van der Waals surface area contributed by atoms with Crippen LogP contribution in [0, 0.1) is 0 Å². The monoisotopic (exact) mass is 747 g/mol. The third-order valence-corrected chi connectivity index (χ3v) is 10.8. The molecule has 0 saturated heterocycles. The molecule has 0 aliphatic heterocycles. The quantitative estimate of drug-likeness (QED) is 0.123. The molecule has 0 fully saturated rings. The summed E-state index contributed by atoms with van der Waals surface area (Å²) in [5.74, 6) is 1.71. The van der Waals surface area contributed by atoms with Crippen molar-refractivity contribution in [2.75, 3.05) is 0 Å². The van der Waals surface area contributed by atoms with E-state index in [0.29, 0.717) is 17.4 Å². The first-order valence-electron chi connectivity index (χ1n) is 18.9. The first-order valence-corrected chi connectivity index (χ1v) is 19.3. The SMILES string of the molecule is CCCc1nc2cc(-c3ccccc3Cl)ncc2n1Cc1ccc(-c2ccccc2-c2nnnn2C(c2ccccc2)(c2ccccc2)c2ccccc2)cc1. The van der Waals surface area contributed by atoms with Crippen molar-refractivity contribution in [3.8, 4) is 33.8 Å². The van der Waals surface area contributed by atoms with Crippen molar-refractivity contribution in [3.63, 3.8) is 0 Å². The van der Waals surface area contributed by atoms with Gasteiger partial charge in [-0.1, -0.05) is 176 Å². The van der Waals surface area contributed by atoms with Gasteiger partial charge in [0.2, 0.25) is 0 Å². The molecule has 9 aromatic rings. The Labute approximate surface area is 330 Å². The molecule has 7 nitrogen and oxygen atoms in total. The van der Waals surface area contributed by atoms with Gasteiger partial charge in [-0.3, -0.25) is 4.98 Å². The average Bonchev–Trinajstić information content (AvgIpc) is 3.88. The molecule has 0 N–H and O–H groups in total. The molecule has 0 radical (unpaired) electrons. The van der Waals surface area contributed by atoms with Crippen LogP contribution >= 0.6 is 11.6 Å². The van der Waals surface area contributed by atoms with Crippen LogP contribution < -0.4 is 0 Å². The number of hydrogen-bond acceptors (Lipinski definition) is 5. The summed E-state index contributed by atoms with van der Waals surface area (Å²) in [6.07, 6.45) is 3.78. The Bertz CT molecular complexity index is 2650. The zero-order chi connectivity index (χ0) is 37.9. The second kappa shape index (κ2) is 15.2. The number of aryl methyl sites for hydroxylation is 1. The van der Waals surface area contributed by atoms with Gasteiger partial charge in [-0.2, -0.15) is 0 Å². The molecule has 0 saturated carbocycles. The molecular weight excluding hydrogens is 710 g/mol. The molecule has 0 bridgehead atoms. The van der Waals surface area contributed by atoms with E-state index in [4.69, 9.17) is 31.9 Å². The van der Waals surface area contributed by atoms with Crippen LogP contribution in [0.3, 0.4) is 0 Å². The van der Waals surface area contributed by atoms with Crippen molar-refractivity contribution in [1.29, 1.82) is 0 Å². The first kappa shape index (κ1) is 35.0. The first-order chi connectivity index (χ1) is 27.6. The Morgan fingerprint density at radius 1 is 0.625 bits per heavy atom. The van der Waals surface area contributed by atoms with E-state index in [0.717, 1.165) is 74.3 Å². The minimum atomic E-state index is -0.855. The lowest BCUT2D eigenvalue weighted by Gasteiger charge is -2.36. The lowest BCUT2D eigenvalue weighted by Crippen LogP contribution is -2.39. The number of nitrogens with zero attached hydrogens (tertiary/aromatic N) is 7. The molecule has 0 atom stereocenters. The summed E-state index contributed by atoms with van der Waals surface area (Å²) >= 11 is 6.53. The van der Waals surface area contributed by atoms with Crippen molar-refractivity contribution in [1.82, 2.24) is 34.7 Å². The molecule has 0 spiro atoms. The lowest BCUT2D eigenvalue weighted by molar-refractivity contribution is 0.451. The lowest BCUT2D eigenvalue weighted by atomic mass is 9.77. The Kier molecular flexibility index (Phi) is 9.51. The van der Waals surface area contributed by atoms with Gasteiger partial charge >= 0.3 is 0 Å². The highest BCUT2D eigenvalue weighted by Crippen LogP contribution is 2.43. The standard InChI is InChI=1S/C48H38ClN7/c1-2-16-46-51-44-31-43(41-25-14-15-26-42(41)49)50-32-45(44)55(46)33-34-27-29-35(30-28-34)39-23-12-13-24-40(39)47-52-53-54-56(47)48(36-17-6-3-7-18-36,37-19-8-4-9-20-37)38-21-10-5-11-22-38/h3-15,17-32H,2,16,33H2,1H3. The fourth-order valence-corrected chi connectivity index (χ4v) is 8.10. The summed E-state index contributed by atoms with van der Waals surface area (Å²) < 4.78 is 4.28. The number of fused-ring (bicyclic) bond motifs is 1. The minimum Gasteiger partial charge on any atom is -0.322 e. The number of benzene rings is 6. The molecule has 3 heterocycles. The van der Waals surface area contributed by atoms with E-state index < -0.39 is 5.54 Å². The second-order valence-corrected chi connectivity index (χ2v) is 14.3. The van der Waals surface area contributed by atoms with E-state index in [2.05, 4.69) is 132 Å². The van der Waals surface area contributed by atoms with E-state index in [-0.39, 0.29) is 0 Å². The molecule has 0 amide bonds. The van der Waals surface area contributed by atoms with Crippen molar-refractivity contribution >= 4 is 22.6 Å². The molecule has 6 aromatic carbocycles. The topological polar surface area (TPSA) is 74.3 Å². The number of hydrogen-bond donors (Lipinski definition) is 0. The molecule has 8 heteroatoms. The van der Waals surface area contributed by atoms with Crippen LogP contribution in [0.2, 0.25) is 5.02 Å². The van der Waals surface area contributed by atoms with Gasteiger partial charge in [-0.05, 0) is 62.4 Å². The zero-order valence-corrected chi connectivity index (χ0v) is 31.6. The molecule has 0 aliphatic carbocycles. The van der Waals surface area contributed by atoms with Gasteiger partial charge < -0.3 is 4.57 Å². The van der Waals surface area contributed by atoms with Crippen LogP contribution in [0.15, 0.2) is 176 Å². The minimum absolute atomic E-state index is 0.666. The van der Waals surface area contributed by atoms with Crippen molar-refractivity contribution in [2.24, 2.45) is 0 Å². The summed E-state index contributed by atoms with van der Waals surface area (Å²) in [7, 11) is 0. The maximum Gasteiger partial charge on any atom is 0.184 e. The Morgan fingerprint density at radius 3 is 1.80 bits per heavy atom.